The number of hydrogen-bond donors (Lipinski definition) is 1. The maximum absolute atomic E-state index is 12.2. The van der Waals surface area contributed by atoms with Crippen molar-refractivity contribution in [2.45, 2.75) is 13.8 Å². The number of rotatable bonds is 3. The van der Waals surface area contributed by atoms with Gasteiger partial charge in [0.1, 0.15) is 12.1 Å². The van der Waals surface area contributed by atoms with E-state index >= 15 is 0 Å². The van der Waals surface area contributed by atoms with E-state index in [1.54, 1.807) is 4.52 Å². The van der Waals surface area contributed by atoms with Gasteiger partial charge in [-0.05, 0) is 6.92 Å². The first-order chi connectivity index (χ1) is 10.6. The third kappa shape index (κ3) is 3.88. The lowest BCUT2D eigenvalue weighted by Crippen LogP contribution is -2.51. The Balaban J connectivity index is 0.00000144. The van der Waals surface area contributed by atoms with Crippen molar-refractivity contribution in [1.82, 2.24) is 24.5 Å². The summed E-state index contributed by atoms with van der Waals surface area (Å²) in [5.41, 5.74) is 6.49. The Morgan fingerprint density at radius 1 is 1.29 bits per heavy atom. The van der Waals surface area contributed by atoms with Crippen LogP contribution < -0.4 is 10.6 Å². The monoisotopic (exact) mass is 375 g/mol. The molecule has 0 spiro atoms. The molecular formula is C14H23Cl2N7O. The molecule has 1 aliphatic rings. The molecule has 3 heterocycles. The van der Waals surface area contributed by atoms with Crippen molar-refractivity contribution >= 4 is 42.3 Å². The zero-order valence-corrected chi connectivity index (χ0v) is 15.4. The van der Waals surface area contributed by atoms with Gasteiger partial charge in [-0.15, -0.1) is 24.8 Å². The number of nitrogens with two attached hydrogens (primary N) is 1. The lowest BCUT2D eigenvalue weighted by molar-refractivity contribution is -0.134. The molecule has 0 bridgehead atoms. The second kappa shape index (κ2) is 8.46. The highest BCUT2D eigenvalue weighted by Gasteiger charge is 2.25. The van der Waals surface area contributed by atoms with Gasteiger partial charge in [-0.3, -0.25) is 4.79 Å². The van der Waals surface area contributed by atoms with Gasteiger partial charge in [-0.25, -0.2) is 4.98 Å². The Morgan fingerprint density at radius 2 is 1.96 bits per heavy atom. The number of aromatic nitrogens is 4. The van der Waals surface area contributed by atoms with Gasteiger partial charge in [0.15, 0.2) is 0 Å². The number of nitrogens with zero attached hydrogens (tertiary/aromatic N) is 6. The first kappa shape index (κ1) is 20.4. The Labute approximate surface area is 153 Å². The maximum Gasteiger partial charge on any atom is 0.254 e. The fraction of sp³-hybridized carbons (Fsp3) is 0.571. The molecule has 0 radical (unpaired) electrons. The molecule has 3 rings (SSSR count). The molecule has 0 aromatic carbocycles. The second-order valence-corrected chi connectivity index (χ2v) is 5.68. The quantitative estimate of drug-likeness (QED) is 0.840. The largest absolute Gasteiger partial charge is 0.353 e. The number of hydrogen-bond acceptors (Lipinski definition) is 6. The Morgan fingerprint density at radius 3 is 2.58 bits per heavy atom. The number of carbonyl (C=O) groups excluding carboxylic acids is 1. The summed E-state index contributed by atoms with van der Waals surface area (Å²) in [6.45, 7) is 7.13. The number of aryl methyl sites for hydroxylation is 1. The van der Waals surface area contributed by atoms with Crippen LogP contribution in [0.15, 0.2) is 12.4 Å². The fourth-order valence-corrected chi connectivity index (χ4v) is 2.70. The molecule has 1 amide bonds. The van der Waals surface area contributed by atoms with Crippen molar-refractivity contribution < 1.29 is 4.79 Å². The van der Waals surface area contributed by atoms with Crippen LogP contribution in [0.1, 0.15) is 12.6 Å². The highest BCUT2D eigenvalue weighted by molar-refractivity contribution is 5.85. The normalized spacial score (nSPS) is 15.6. The van der Waals surface area contributed by atoms with Crippen molar-refractivity contribution in [1.29, 1.82) is 0 Å². The van der Waals surface area contributed by atoms with Gasteiger partial charge in [0.25, 0.3) is 5.78 Å². The molecule has 24 heavy (non-hydrogen) atoms. The van der Waals surface area contributed by atoms with Crippen LogP contribution in [0, 0.1) is 12.8 Å². The van der Waals surface area contributed by atoms with Crippen LogP contribution in [-0.4, -0.2) is 63.1 Å². The van der Waals surface area contributed by atoms with E-state index in [1.807, 2.05) is 24.8 Å². The number of anilines is 1. The van der Waals surface area contributed by atoms with Gasteiger partial charge >= 0.3 is 0 Å². The maximum atomic E-state index is 12.2. The van der Waals surface area contributed by atoms with Crippen molar-refractivity contribution in [2.24, 2.45) is 11.7 Å². The average molecular weight is 376 g/mol. The second-order valence-electron chi connectivity index (χ2n) is 5.68. The number of fused-ring (bicyclic) bond motifs is 1. The van der Waals surface area contributed by atoms with Crippen molar-refractivity contribution in [3.05, 3.63) is 18.1 Å². The van der Waals surface area contributed by atoms with Crippen LogP contribution in [0.2, 0.25) is 0 Å². The fourth-order valence-electron chi connectivity index (χ4n) is 2.70. The molecular weight excluding hydrogens is 353 g/mol. The minimum atomic E-state index is -0.114. The SMILES string of the molecule is Cc1cc(N2CCN(C(=O)C(C)CN)CC2)n2ncnc2n1.Cl.Cl. The molecule has 1 unspecified atom stereocenters. The molecule has 1 atom stereocenters. The molecule has 0 saturated carbocycles. The highest BCUT2D eigenvalue weighted by atomic mass is 35.5. The Bertz CT molecular complexity index is 685. The number of halogens is 2. The van der Waals surface area contributed by atoms with Crippen molar-refractivity contribution in [3.8, 4) is 0 Å². The molecule has 2 N–H and O–H groups in total. The van der Waals surface area contributed by atoms with Crippen molar-refractivity contribution in [2.75, 3.05) is 37.6 Å². The lowest BCUT2D eigenvalue weighted by Gasteiger charge is -2.36. The zero-order chi connectivity index (χ0) is 15.7. The van der Waals surface area contributed by atoms with Gasteiger partial charge < -0.3 is 15.5 Å². The molecule has 1 fully saturated rings. The predicted molar refractivity (Wildman–Crippen MR) is 97.0 cm³/mol. The first-order valence-corrected chi connectivity index (χ1v) is 7.51. The molecule has 134 valence electrons. The van der Waals surface area contributed by atoms with E-state index in [0.717, 1.165) is 24.6 Å². The summed E-state index contributed by atoms with van der Waals surface area (Å²) in [6.07, 6.45) is 1.51. The topological polar surface area (TPSA) is 92.7 Å². The van der Waals surface area contributed by atoms with Gasteiger partial charge in [0, 0.05) is 50.4 Å². The third-order valence-corrected chi connectivity index (χ3v) is 4.05. The van der Waals surface area contributed by atoms with E-state index in [2.05, 4.69) is 20.0 Å². The average Bonchev–Trinajstić information content (AvgIpc) is 3.01. The van der Waals surface area contributed by atoms with E-state index < -0.39 is 0 Å². The van der Waals surface area contributed by atoms with Gasteiger partial charge in [-0.2, -0.15) is 14.6 Å². The molecule has 2 aromatic rings. The van der Waals surface area contributed by atoms with E-state index in [4.69, 9.17) is 5.73 Å². The van der Waals surface area contributed by atoms with E-state index in [1.165, 1.54) is 6.33 Å². The lowest BCUT2D eigenvalue weighted by atomic mass is 10.1. The molecule has 2 aromatic heterocycles. The third-order valence-electron chi connectivity index (χ3n) is 4.05. The number of amides is 1. The minimum Gasteiger partial charge on any atom is -0.353 e. The summed E-state index contributed by atoms with van der Waals surface area (Å²) < 4.78 is 1.74. The number of piperazine rings is 1. The number of carbonyl (C=O) groups is 1. The Kier molecular flexibility index (Phi) is 7.19. The first-order valence-electron chi connectivity index (χ1n) is 7.51. The molecule has 0 aliphatic carbocycles. The molecule has 1 saturated heterocycles. The molecule has 1 aliphatic heterocycles. The van der Waals surface area contributed by atoms with E-state index in [-0.39, 0.29) is 36.6 Å². The van der Waals surface area contributed by atoms with Crippen LogP contribution >= 0.6 is 24.8 Å². The van der Waals surface area contributed by atoms with E-state index in [0.29, 0.717) is 25.4 Å². The summed E-state index contributed by atoms with van der Waals surface area (Å²) in [5.74, 6) is 1.60. The van der Waals surface area contributed by atoms with Gasteiger partial charge in [-0.1, -0.05) is 6.92 Å². The standard InChI is InChI=1S/C14H21N7O.2ClH/c1-10(8-15)13(22)20-5-3-19(4-6-20)12-7-11(2)18-14-16-9-17-21(12)14;;/h7,9-10H,3-6,8,15H2,1-2H3;2*1H. The highest BCUT2D eigenvalue weighted by Crippen LogP contribution is 2.18. The van der Waals surface area contributed by atoms with Crippen LogP contribution in [0.5, 0.6) is 0 Å². The molecule has 10 heteroatoms. The minimum absolute atomic E-state index is 0. The summed E-state index contributed by atoms with van der Waals surface area (Å²) >= 11 is 0. The zero-order valence-electron chi connectivity index (χ0n) is 13.8. The summed E-state index contributed by atoms with van der Waals surface area (Å²) in [6, 6.07) is 2.00. The smallest absolute Gasteiger partial charge is 0.254 e. The van der Waals surface area contributed by atoms with Crippen LogP contribution in [0.4, 0.5) is 5.82 Å². The summed E-state index contributed by atoms with van der Waals surface area (Å²) in [4.78, 5) is 24.8. The molecule has 8 nitrogen and oxygen atoms in total. The van der Waals surface area contributed by atoms with Crippen LogP contribution in [-0.2, 0) is 4.79 Å². The van der Waals surface area contributed by atoms with Gasteiger partial charge in [0.2, 0.25) is 5.91 Å². The summed E-state index contributed by atoms with van der Waals surface area (Å²) in [5, 5.41) is 4.23. The Hall–Kier alpha value is -1.64. The van der Waals surface area contributed by atoms with Gasteiger partial charge in [0.05, 0.1) is 0 Å². The summed E-state index contributed by atoms with van der Waals surface area (Å²) in [7, 11) is 0. The van der Waals surface area contributed by atoms with Crippen molar-refractivity contribution in [3.63, 3.8) is 0 Å². The van der Waals surface area contributed by atoms with E-state index in [9.17, 15) is 4.79 Å². The van der Waals surface area contributed by atoms with Crippen LogP contribution in [0.25, 0.3) is 5.78 Å². The van der Waals surface area contributed by atoms with Crippen LogP contribution in [0.3, 0.4) is 0 Å². The predicted octanol–water partition coefficient (Wildman–Crippen LogP) is 0.520.